The van der Waals surface area contributed by atoms with E-state index in [-0.39, 0.29) is 28.9 Å². The number of fused-ring (bicyclic) bond motifs is 2. The summed E-state index contributed by atoms with van der Waals surface area (Å²) in [6, 6.07) is 12.1. The maximum atomic E-state index is 12.6. The third-order valence-corrected chi connectivity index (χ3v) is 5.25. The summed E-state index contributed by atoms with van der Waals surface area (Å²) < 4.78 is 11.6. The molecule has 2 aromatic carbocycles. The van der Waals surface area contributed by atoms with Gasteiger partial charge in [0.05, 0.1) is 6.10 Å². The molecule has 2 atom stereocenters. The third kappa shape index (κ3) is 3.15. The topological polar surface area (TPSA) is 100 Å². The van der Waals surface area contributed by atoms with Crippen molar-refractivity contribution in [1.82, 2.24) is 0 Å². The van der Waals surface area contributed by atoms with Gasteiger partial charge in [0.2, 0.25) is 0 Å². The van der Waals surface area contributed by atoms with Gasteiger partial charge in [-0.1, -0.05) is 30.3 Å². The Kier molecular flexibility index (Phi) is 4.40. The van der Waals surface area contributed by atoms with Crippen LogP contribution in [0.3, 0.4) is 0 Å². The average molecular weight is 382 g/mol. The summed E-state index contributed by atoms with van der Waals surface area (Å²) >= 11 is 0. The molecule has 0 amide bonds. The molecule has 0 saturated heterocycles. The van der Waals surface area contributed by atoms with Crippen molar-refractivity contribution < 1.29 is 24.5 Å². The predicted molar refractivity (Wildman–Crippen MR) is 104 cm³/mol. The van der Waals surface area contributed by atoms with Gasteiger partial charge in [0.25, 0.3) is 0 Å². The molecule has 0 aliphatic carbocycles. The Bertz CT molecular complexity index is 1080. The van der Waals surface area contributed by atoms with Crippen molar-refractivity contribution in [3.8, 4) is 11.5 Å². The predicted octanol–water partition coefficient (Wildman–Crippen LogP) is 2.85. The molecule has 0 spiro atoms. The Balaban J connectivity index is 1.79. The standard InChI is InChI=1S/C22H22O6/c1-22(2)19(25)9-13-16(28-22)11-18-20(21(13)26)15(24)10-17(27-18)14(23)8-12-6-4-3-5-7-12/h3-7,10-11,14,19,23,25-26H,8-9H2,1-2H3/t14-,19-/m1/s1. The number of aliphatic hydroxyl groups is 2. The van der Waals surface area contributed by atoms with Crippen molar-refractivity contribution in [1.29, 1.82) is 0 Å². The van der Waals surface area contributed by atoms with Crippen LogP contribution in [0.1, 0.15) is 36.8 Å². The fourth-order valence-corrected chi connectivity index (χ4v) is 3.52. The van der Waals surface area contributed by atoms with Gasteiger partial charge < -0.3 is 24.5 Å². The maximum Gasteiger partial charge on any atom is 0.196 e. The highest BCUT2D eigenvalue weighted by Gasteiger charge is 2.38. The Morgan fingerprint density at radius 2 is 1.93 bits per heavy atom. The summed E-state index contributed by atoms with van der Waals surface area (Å²) in [4.78, 5) is 12.6. The largest absolute Gasteiger partial charge is 0.507 e. The van der Waals surface area contributed by atoms with Crippen LogP contribution in [0.25, 0.3) is 11.0 Å². The van der Waals surface area contributed by atoms with Gasteiger partial charge in [-0.25, -0.2) is 0 Å². The number of ether oxygens (including phenoxy) is 1. The number of aliphatic hydroxyl groups excluding tert-OH is 2. The van der Waals surface area contributed by atoms with Gasteiger partial charge >= 0.3 is 0 Å². The SMILES string of the molecule is CC1(C)Oc2cc3oc([C@H](O)Cc4ccccc4)cc(=O)c3c(O)c2C[C@H]1O. The molecule has 6 heteroatoms. The molecule has 0 saturated carbocycles. The summed E-state index contributed by atoms with van der Waals surface area (Å²) in [7, 11) is 0. The van der Waals surface area contributed by atoms with Crippen LogP contribution < -0.4 is 10.2 Å². The lowest BCUT2D eigenvalue weighted by atomic mass is 9.90. The normalized spacial score (nSPS) is 19.1. The van der Waals surface area contributed by atoms with E-state index in [1.54, 1.807) is 13.8 Å². The molecule has 0 radical (unpaired) electrons. The highest BCUT2D eigenvalue weighted by molar-refractivity contribution is 5.87. The van der Waals surface area contributed by atoms with Crippen LogP contribution in [0, 0.1) is 0 Å². The first kappa shape index (κ1) is 18.5. The van der Waals surface area contributed by atoms with E-state index >= 15 is 0 Å². The first-order valence-corrected chi connectivity index (χ1v) is 9.18. The van der Waals surface area contributed by atoms with Crippen LogP contribution in [-0.2, 0) is 12.8 Å². The van der Waals surface area contributed by atoms with Gasteiger partial charge in [0, 0.05) is 30.5 Å². The molecule has 4 rings (SSSR count). The molecule has 1 aromatic heterocycles. The number of phenolic OH excluding ortho intramolecular Hbond substituents is 1. The highest BCUT2D eigenvalue weighted by Crippen LogP contribution is 2.42. The van der Waals surface area contributed by atoms with E-state index in [2.05, 4.69) is 0 Å². The van der Waals surface area contributed by atoms with E-state index in [1.165, 1.54) is 12.1 Å². The van der Waals surface area contributed by atoms with Crippen molar-refractivity contribution in [3.05, 3.63) is 69.6 Å². The van der Waals surface area contributed by atoms with Crippen LogP contribution in [-0.4, -0.2) is 27.0 Å². The van der Waals surface area contributed by atoms with Crippen LogP contribution in [0.4, 0.5) is 0 Å². The van der Waals surface area contributed by atoms with Crippen LogP contribution in [0.5, 0.6) is 11.5 Å². The number of benzene rings is 2. The molecule has 0 unspecified atom stereocenters. The zero-order valence-corrected chi connectivity index (χ0v) is 15.7. The number of aromatic hydroxyl groups is 1. The van der Waals surface area contributed by atoms with Gasteiger partial charge in [-0.05, 0) is 19.4 Å². The highest BCUT2D eigenvalue weighted by atomic mass is 16.5. The number of phenols is 1. The Morgan fingerprint density at radius 3 is 2.64 bits per heavy atom. The second-order valence-corrected chi connectivity index (χ2v) is 7.72. The van der Waals surface area contributed by atoms with Crippen molar-refractivity contribution in [2.75, 3.05) is 0 Å². The fraction of sp³-hybridized carbons (Fsp3) is 0.318. The molecular weight excluding hydrogens is 360 g/mol. The number of hydrogen-bond donors (Lipinski definition) is 3. The van der Waals surface area contributed by atoms with E-state index in [1.807, 2.05) is 30.3 Å². The summed E-state index contributed by atoms with van der Waals surface area (Å²) in [5, 5.41) is 31.4. The van der Waals surface area contributed by atoms with Crippen LogP contribution in [0.2, 0.25) is 0 Å². The molecule has 3 N–H and O–H groups in total. The first-order valence-electron chi connectivity index (χ1n) is 9.18. The van der Waals surface area contributed by atoms with Gasteiger partial charge in [-0.3, -0.25) is 4.79 Å². The van der Waals surface area contributed by atoms with Gasteiger partial charge in [-0.15, -0.1) is 0 Å². The van der Waals surface area contributed by atoms with Crippen molar-refractivity contribution in [3.63, 3.8) is 0 Å². The minimum absolute atomic E-state index is 0.0184. The Morgan fingerprint density at radius 1 is 1.21 bits per heavy atom. The lowest BCUT2D eigenvalue weighted by Gasteiger charge is -2.37. The molecule has 146 valence electrons. The fourth-order valence-electron chi connectivity index (χ4n) is 3.52. The monoisotopic (exact) mass is 382 g/mol. The molecule has 0 fully saturated rings. The first-order chi connectivity index (χ1) is 13.3. The van der Waals surface area contributed by atoms with Crippen molar-refractivity contribution in [2.45, 2.75) is 44.5 Å². The number of hydrogen-bond acceptors (Lipinski definition) is 6. The third-order valence-electron chi connectivity index (χ3n) is 5.25. The van der Waals surface area contributed by atoms with E-state index in [0.717, 1.165) is 5.56 Å². The smallest absolute Gasteiger partial charge is 0.196 e. The average Bonchev–Trinajstić information content (AvgIpc) is 2.63. The molecule has 2 heterocycles. The minimum Gasteiger partial charge on any atom is -0.507 e. The second kappa shape index (κ2) is 6.65. The summed E-state index contributed by atoms with van der Waals surface area (Å²) in [5.74, 6) is 0.230. The van der Waals surface area contributed by atoms with E-state index in [4.69, 9.17) is 9.15 Å². The molecule has 1 aliphatic rings. The lowest BCUT2D eigenvalue weighted by Crippen LogP contribution is -2.46. The molecule has 6 nitrogen and oxygen atoms in total. The zero-order chi connectivity index (χ0) is 20.1. The second-order valence-electron chi connectivity index (χ2n) is 7.72. The minimum atomic E-state index is -1.00. The summed E-state index contributed by atoms with van der Waals surface area (Å²) in [5.41, 5.74) is 0.132. The molecular formula is C22H22O6. The summed E-state index contributed by atoms with van der Waals surface area (Å²) in [6.07, 6.45) is -1.36. The quantitative estimate of drug-likeness (QED) is 0.644. The number of rotatable bonds is 3. The molecule has 28 heavy (non-hydrogen) atoms. The maximum absolute atomic E-state index is 12.6. The Hall–Kier alpha value is -2.83. The van der Waals surface area contributed by atoms with Gasteiger partial charge in [0.15, 0.2) is 5.43 Å². The van der Waals surface area contributed by atoms with Crippen molar-refractivity contribution >= 4 is 11.0 Å². The van der Waals surface area contributed by atoms with E-state index in [9.17, 15) is 20.1 Å². The van der Waals surface area contributed by atoms with Gasteiger partial charge in [-0.2, -0.15) is 0 Å². The lowest BCUT2D eigenvalue weighted by molar-refractivity contribution is -0.0415. The Labute approximate surface area is 161 Å². The van der Waals surface area contributed by atoms with Crippen LogP contribution in [0.15, 0.2) is 51.7 Å². The van der Waals surface area contributed by atoms with Gasteiger partial charge in [0.1, 0.15) is 39.9 Å². The molecule has 3 aromatic rings. The van der Waals surface area contributed by atoms with Crippen LogP contribution >= 0.6 is 0 Å². The van der Waals surface area contributed by atoms with E-state index < -0.39 is 23.2 Å². The van der Waals surface area contributed by atoms with Crippen molar-refractivity contribution in [2.24, 2.45) is 0 Å². The summed E-state index contributed by atoms with van der Waals surface area (Å²) in [6.45, 7) is 3.50. The molecule has 1 aliphatic heterocycles. The zero-order valence-electron chi connectivity index (χ0n) is 15.7. The van der Waals surface area contributed by atoms with E-state index in [0.29, 0.717) is 17.7 Å². The molecule has 0 bridgehead atoms.